The Hall–Kier alpha value is -1.97. The minimum absolute atomic E-state index is 0.247. The monoisotopic (exact) mass is 185 g/mol. The zero-order chi connectivity index (χ0) is 9.54. The van der Waals surface area contributed by atoms with Crippen LogP contribution in [0.3, 0.4) is 0 Å². The fourth-order valence-corrected chi connectivity index (χ4v) is 1.70. The van der Waals surface area contributed by atoms with Crippen molar-refractivity contribution in [2.24, 2.45) is 9.98 Å². The third kappa shape index (κ3) is 0.849. The van der Waals surface area contributed by atoms with Gasteiger partial charge in [-0.15, -0.1) is 0 Å². The van der Waals surface area contributed by atoms with Crippen LogP contribution in [0.4, 0.5) is 0 Å². The number of benzene rings is 1. The van der Waals surface area contributed by atoms with Gasteiger partial charge in [0.1, 0.15) is 6.67 Å². The summed E-state index contributed by atoms with van der Waals surface area (Å²) in [7, 11) is 0. The molecule has 0 bridgehead atoms. The maximum absolute atomic E-state index is 11.5. The van der Waals surface area contributed by atoms with Crippen molar-refractivity contribution < 1.29 is 4.79 Å². The molecule has 68 valence electrons. The Morgan fingerprint density at radius 2 is 2.14 bits per heavy atom. The highest BCUT2D eigenvalue weighted by molar-refractivity contribution is 6.54. The molecular formula is C10H7N3O. The number of fused-ring (bicyclic) bond motifs is 2. The maximum atomic E-state index is 11.5. The summed E-state index contributed by atoms with van der Waals surface area (Å²) in [5, 5.41) is 4.76. The van der Waals surface area contributed by atoms with Crippen LogP contribution < -0.4 is 15.9 Å². The number of rotatable bonds is 0. The molecule has 1 aromatic rings. The van der Waals surface area contributed by atoms with Crippen LogP contribution in [0.5, 0.6) is 0 Å². The van der Waals surface area contributed by atoms with Gasteiger partial charge in [-0.2, -0.15) is 0 Å². The minimum atomic E-state index is -0.247. The average molecular weight is 185 g/mol. The van der Waals surface area contributed by atoms with Crippen molar-refractivity contribution >= 4 is 17.3 Å². The fraction of sp³-hybridized carbons (Fsp3) is 0.100. The van der Waals surface area contributed by atoms with E-state index in [1.807, 2.05) is 24.3 Å². The first-order chi connectivity index (χ1) is 6.86. The summed E-state index contributed by atoms with van der Waals surface area (Å²) in [6, 6.07) is 7.56. The molecule has 0 saturated carbocycles. The Kier molecular flexibility index (Phi) is 1.33. The predicted octanol–water partition coefficient (Wildman–Crippen LogP) is -1.04. The number of carbonyl (C=O) groups excluding carboxylic acids is 1. The van der Waals surface area contributed by atoms with E-state index < -0.39 is 0 Å². The summed E-state index contributed by atoms with van der Waals surface area (Å²) in [5.41, 5.74) is 1.28. The Balaban J connectivity index is 2.51. The summed E-state index contributed by atoms with van der Waals surface area (Å²) in [4.78, 5) is 19.5. The molecule has 0 fully saturated rings. The molecule has 0 aromatic heterocycles. The summed E-state index contributed by atoms with van der Waals surface area (Å²) < 4.78 is 0. The van der Waals surface area contributed by atoms with Gasteiger partial charge in [0, 0.05) is 5.22 Å². The summed E-state index contributed by atoms with van der Waals surface area (Å²) in [6.07, 6.45) is 0. The van der Waals surface area contributed by atoms with Crippen LogP contribution in [0, 0.1) is 0 Å². The number of carbonyl (C=O) groups is 1. The molecule has 4 heteroatoms. The first-order valence-corrected chi connectivity index (χ1v) is 4.37. The summed E-state index contributed by atoms with van der Waals surface area (Å²) in [5.74, 6) is -0.247. The van der Waals surface area contributed by atoms with Crippen molar-refractivity contribution in [3.8, 4) is 0 Å². The van der Waals surface area contributed by atoms with Crippen molar-refractivity contribution in [1.82, 2.24) is 5.32 Å². The number of para-hydroxylation sites is 1. The molecule has 0 spiro atoms. The first-order valence-electron chi connectivity index (χ1n) is 4.37. The molecule has 2 aliphatic rings. The van der Waals surface area contributed by atoms with Crippen molar-refractivity contribution in [2.75, 3.05) is 6.67 Å². The first kappa shape index (κ1) is 7.44. The molecular weight excluding hydrogens is 178 g/mol. The van der Waals surface area contributed by atoms with Crippen molar-refractivity contribution in [2.45, 2.75) is 0 Å². The van der Waals surface area contributed by atoms with E-state index in [0.717, 1.165) is 16.3 Å². The number of amides is 1. The Bertz CT molecular complexity index is 571. The van der Waals surface area contributed by atoms with Gasteiger partial charge in [-0.05, 0) is 6.07 Å². The lowest BCUT2D eigenvalue weighted by Crippen LogP contribution is -2.39. The predicted molar refractivity (Wildman–Crippen MR) is 51.1 cm³/mol. The standard InChI is InChI=1S/C10H7N3O/c14-10-9-8(11-5-12-9)6-3-1-2-4-7(6)13-10/h1-4,11H,5H2. The highest BCUT2D eigenvalue weighted by atomic mass is 16.1. The van der Waals surface area contributed by atoms with E-state index in [1.165, 1.54) is 0 Å². The second kappa shape index (κ2) is 2.51. The van der Waals surface area contributed by atoms with E-state index >= 15 is 0 Å². The van der Waals surface area contributed by atoms with Crippen LogP contribution in [-0.4, -0.2) is 18.3 Å². The molecule has 0 aliphatic carbocycles. The van der Waals surface area contributed by atoms with Crippen LogP contribution in [0.1, 0.15) is 0 Å². The summed E-state index contributed by atoms with van der Waals surface area (Å²) in [6.45, 7) is 0.472. The van der Waals surface area contributed by atoms with Gasteiger partial charge >= 0.3 is 0 Å². The van der Waals surface area contributed by atoms with E-state index in [0.29, 0.717) is 12.4 Å². The third-order valence-electron chi connectivity index (χ3n) is 2.33. The number of aliphatic imine (C=N–C) groups is 1. The van der Waals surface area contributed by atoms with E-state index in [-0.39, 0.29) is 5.91 Å². The van der Waals surface area contributed by atoms with Crippen LogP contribution in [0.25, 0.3) is 5.70 Å². The lowest BCUT2D eigenvalue weighted by atomic mass is 10.1. The molecule has 0 radical (unpaired) electrons. The molecule has 0 saturated heterocycles. The second-order valence-corrected chi connectivity index (χ2v) is 3.15. The third-order valence-corrected chi connectivity index (χ3v) is 2.33. The zero-order valence-corrected chi connectivity index (χ0v) is 7.32. The molecule has 14 heavy (non-hydrogen) atoms. The van der Waals surface area contributed by atoms with E-state index in [2.05, 4.69) is 15.3 Å². The Morgan fingerprint density at radius 1 is 1.29 bits per heavy atom. The number of nitrogens with zero attached hydrogens (tertiary/aromatic N) is 2. The highest BCUT2D eigenvalue weighted by Gasteiger charge is 2.23. The lowest BCUT2D eigenvalue weighted by Gasteiger charge is -2.05. The molecule has 4 nitrogen and oxygen atoms in total. The molecule has 2 aliphatic heterocycles. The number of hydrogen-bond donors (Lipinski definition) is 1. The normalized spacial score (nSPS) is 17.9. The van der Waals surface area contributed by atoms with Gasteiger partial charge in [-0.3, -0.25) is 9.79 Å². The van der Waals surface area contributed by atoms with Gasteiger partial charge in [-0.1, -0.05) is 18.2 Å². The smallest absolute Gasteiger partial charge is 0.297 e. The van der Waals surface area contributed by atoms with Crippen LogP contribution >= 0.6 is 0 Å². The van der Waals surface area contributed by atoms with Crippen molar-refractivity contribution in [1.29, 1.82) is 0 Å². The van der Waals surface area contributed by atoms with Gasteiger partial charge in [0.25, 0.3) is 5.91 Å². The fourth-order valence-electron chi connectivity index (χ4n) is 1.70. The molecule has 1 amide bonds. The zero-order valence-electron chi connectivity index (χ0n) is 7.32. The molecule has 0 unspecified atom stereocenters. The van der Waals surface area contributed by atoms with E-state index in [9.17, 15) is 4.79 Å². The van der Waals surface area contributed by atoms with E-state index in [1.54, 1.807) is 0 Å². The largest absolute Gasteiger partial charge is 0.364 e. The number of nitrogens with one attached hydrogen (secondary N) is 1. The molecule has 1 aromatic carbocycles. The van der Waals surface area contributed by atoms with Crippen molar-refractivity contribution in [3.05, 3.63) is 34.8 Å². The SMILES string of the molecule is O=C1N=c2ccccc2=C2NCN=C12. The Morgan fingerprint density at radius 3 is 3.07 bits per heavy atom. The maximum Gasteiger partial charge on any atom is 0.297 e. The second-order valence-electron chi connectivity index (χ2n) is 3.15. The Labute approximate surface area is 79.7 Å². The molecule has 3 rings (SSSR count). The number of hydrogen-bond acceptors (Lipinski definition) is 3. The van der Waals surface area contributed by atoms with Gasteiger partial charge in [-0.25, -0.2) is 4.99 Å². The van der Waals surface area contributed by atoms with Crippen LogP contribution in [-0.2, 0) is 4.79 Å². The topological polar surface area (TPSA) is 53.8 Å². The van der Waals surface area contributed by atoms with Crippen LogP contribution in [0.2, 0.25) is 0 Å². The molecule has 2 heterocycles. The molecule has 1 N–H and O–H groups in total. The molecule has 0 atom stereocenters. The van der Waals surface area contributed by atoms with Gasteiger partial charge in [0.15, 0.2) is 5.71 Å². The summed E-state index contributed by atoms with van der Waals surface area (Å²) >= 11 is 0. The highest BCUT2D eigenvalue weighted by Crippen LogP contribution is 2.04. The van der Waals surface area contributed by atoms with Gasteiger partial charge in [0.2, 0.25) is 0 Å². The van der Waals surface area contributed by atoms with Crippen molar-refractivity contribution in [3.63, 3.8) is 0 Å². The average Bonchev–Trinajstić information content (AvgIpc) is 2.67. The minimum Gasteiger partial charge on any atom is -0.364 e. The van der Waals surface area contributed by atoms with Gasteiger partial charge in [0.05, 0.1) is 11.1 Å². The van der Waals surface area contributed by atoms with Crippen LogP contribution in [0.15, 0.2) is 34.3 Å². The quantitative estimate of drug-likeness (QED) is 0.561. The lowest BCUT2D eigenvalue weighted by molar-refractivity contribution is -0.112. The van der Waals surface area contributed by atoms with Gasteiger partial charge < -0.3 is 5.32 Å². The van der Waals surface area contributed by atoms with E-state index in [4.69, 9.17) is 0 Å².